The predicted molar refractivity (Wildman–Crippen MR) is 83.2 cm³/mol. The largest absolute Gasteiger partial charge is 0.497 e. The van der Waals surface area contributed by atoms with Crippen molar-refractivity contribution < 1.29 is 22.7 Å². The van der Waals surface area contributed by atoms with Crippen molar-refractivity contribution in [2.24, 2.45) is 0 Å². The molecule has 1 aromatic rings. The molecule has 1 amide bonds. The zero-order chi connectivity index (χ0) is 16.2. The van der Waals surface area contributed by atoms with Gasteiger partial charge in [-0.1, -0.05) is 0 Å². The van der Waals surface area contributed by atoms with Crippen molar-refractivity contribution in [3.05, 3.63) is 18.2 Å². The molecule has 0 radical (unpaired) electrons. The quantitative estimate of drug-likeness (QED) is 0.786. The molecule has 1 fully saturated rings. The number of anilines is 1. The van der Waals surface area contributed by atoms with Gasteiger partial charge in [-0.3, -0.25) is 4.79 Å². The maximum Gasteiger partial charge on any atom is 0.239 e. The molecule has 1 heterocycles. The molecule has 0 aliphatic carbocycles. The summed E-state index contributed by atoms with van der Waals surface area (Å²) >= 11 is 0. The number of hydrogen-bond acceptors (Lipinski definition) is 6. The lowest BCUT2D eigenvalue weighted by Gasteiger charge is -2.14. The molecule has 0 aromatic heterocycles. The molecule has 0 bridgehead atoms. The van der Waals surface area contributed by atoms with Gasteiger partial charge in [0.1, 0.15) is 11.5 Å². The molecule has 0 unspecified atom stereocenters. The second-order valence-corrected chi connectivity index (χ2v) is 7.32. The van der Waals surface area contributed by atoms with Gasteiger partial charge in [0.15, 0.2) is 9.84 Å². The summed E-state index contributed by atoms with van der Waals surface area (Å²) in [6, 6.07) is 4.93. The summed E-state index contributed by atoms with van der Waals surface area (Å²) < 4.78 is 33.0. The van der Waals surface area contributed by atoms with E-state index in [1.54, 1.807) is 25.3 Å². The van der Waals surface area contributed by atoms with E-state index >= 15 is 0 Å². The minimum Gasteiger partial charge on any atom is -0.497 e. The average Bonchev–Trinajstić information content (AvgIpc) is 2.83. The number of nitrogens with one attached hydrogen (secondary N) is 2. The zero-order valence-corrected chi connectivity index (χ0v) is 13.4. The molecule has 1 aliphatic rings. The van der Waals surface area contributed by atoms with E-state index in [-0.39, 0.29) is 30.0 Å². The first-order chi connectivity index (χ1) is 10.4. The first-order valence-electron chi connectivity index (χ1n) is 6.89. The molecular formula is C14H20N2O5S. The van der Waals surface area contributed by atoms with Crippen molar-refractivity contribution in [1.29, 1.82) is 0 Å². The number of benzene rings is 1. The van der Waals surface area contributed by atoms with Crippen LogP contribution in [0.3, 0.4) is 0 Å². The summed E-state index contributed by atoms with van der Waals surface area (Å²) in [5.74, 6) is 1.13. The highest BCUT2D eigenvalue weighted by molar-refractivity contribution is 7.91. The Bertz CT molecular complexity index is 645. The molecule has 1 saturated heterocycles. The Morgan fingerprint density at radius 2 is 2.09 bits per heavy atom. The van der Waals surface area contributed by atoms with E-state index in [0.717, 1.165) is 0 Å². The van der Waals surface area contributed by atoms with Crippen LogP contribution >= 0.6 is 0 Å². The number of carbonyl (C=O) groups is 1. The minimum absolute atomic E-state index is 0.0184. The Morgan fingerprint density at radius 1 is 1.32 bits per heavy atom. The van der Waals surface area contributed by atoms with Gasteiger partial charge < -0.3 is 20.1 Å². The molecule has 2 rings (SSSR count). The Balaban J connectivity index is 1.89. The molecule has 0 saturated carbocycles. The van der Waals surface area contributed by atoms with E-state index < -0.39 is 9.84 Å². The van der Waals surface area contributed by atoms with Crippen molar-refractivity contribution in [1.82, 2.24) is 5.32 Å². The predicted octanol–water partition coefficient (Wildman–Crippen LogP) is 0.419. The fourth-order valence-electron chi connectivity index (χ4n) is 2.31. The van der Waals surface area contributed by atoms with Crippen LogP contribution in [0.15, 0.2) is 18.2 Å². The molecular weight excluding hydrogens is 308 g/mol. The number of rotatable bonds is 6. The number of ether oxygens (including phenoxy) is 2. The van der Waals surface area contributed by atoms with Crippen molar-refractivity contribution >= 4 is 21.4 Å². The highest BCUT2D eigenvalue weighted by atomic mass is 32.2. The van der Waals surface area contributed by atoms with Gasteiger partial charge >= 0.3 is 0 Å². The molecule has 0 spiro atoms. The van der Waals surface area contributed by atoms with Gasteiger partial charge in [0, 0.05) is 12.1 Å². The molecule has 8 heteroatoms. The van der Waals surface area contributed by atoms with Gasteiger partial charge in [-0.15, -0.1) is 0 Å². The van der Waals surface area contributed by atoms with Crippen LogP contribution in [-0.2, 0) is 14.6 Å². The van der Waals surface area contributed by atoms with Crippen LogP contribution in [0.2, 0.25) is 0 Å². The lowest BCUT2D eigenvalue weighted by molar-refractivity contribution is -0.119. The van der Waals surface area contributed by atoms with E-state index in [4.69, 9.17) is 9.47 Å². The maximum atomic E-state index is 11.9. The molecule has 7 nitrogen and oxygen atoms in total. The minimum atomic E-state index is -3.00. The van der Waals surface area contributed by atoms with Crippen LogP contribution in [-0.4, -0.2) is 52.6 Å². The number of sulfone groups is 1. The highest BCUT2D eigenvalue weighted by Crippen LogP contribution is 2.28. The standard InChI is InChI=1S/C14H20N2O5S/c1-20-11-3-4-12(13(7-11)21-2)15-8-14(17)16-10-5-6-22(18,19)9-10/h3-4,7,10,15H,5-6,8-9H2,1-2H3,(H,16,17)/t10-/m1/s1. The van der Waals surface area contributed by atoms with E-state index in [2.05, 4.69) is 10.6 Å². The van der Waals surface area contributed by atoms with Crippen molar-refractivity contribution in [3.8, 4) is 11.5 Å². The van der Waals surface area contributed by atoms with Gasteiger partial charge in [0.25, 0.3) is 0 Å². The van der Waals surface area contributed by atoms with Crippen molar-refractivity contribution in [3.63, 3.8) is 0 Å². The Labute approximate surface area is 129 Å². The van der Waals surface area contributed by atoms with Crippen LogP contribution in [0, 0.1) is 0 Å². The van der Waals surface area contributed by atoms with Gasteiger partial charge in [0.2, 0.25) is 5.91 Å². The Hall–Kier alpha value is -1.96. The number of methoxy groups -OCH3 is 2. The third-order valence-electron chi connectivity index (χ3n) is 3.45. The maximum absolute atomic E-state index is 11.9. The molecule has 1 aromatic carbocycles. The Kier molecular flexibility index (Phi) is 5.12. The molecule has 22 heavy (non-hydrogen) atoms. The van der Waals surface area contributed by atoms with Crippen LogP contribution in [0.1, 0.15) is 6.42 Å². The lowest BCUT2D eigenvalue weighted by Crippen LogP contribution is -2.39. The summed E-state index contributed by atoms with van der Waals surface area (Å²) in [7, 11) is 0.0961. The van der Waals surface area contributed by atoms with E-state index in [1.807, 2.05) is 0 Å². The summed E-state index contributed by atoms with van der Waals surface area (Å²) in [5, 5.41) is 5.69. The SMILES string of the molecule is COc1ccc(NCC(=O)N[C@@H]2CCS(=O)(=O)C2)c(OC)c1. The normalized spacial score (nSPS) is 19.5. The van der Waals surface area contributed by atoms with Crippen LogP contribution in [0.25, 0.3) is 0 Å². The fraction of sp³-hybridized carbons (Fsp3) is 0.500. The monoisotopic (exact) mass is 328 g/mol. The summed E-state index contributed by atoms with van der Waals surface area (Å²) in [5.41, 5.74) is 0.664. The first kappa shape index (κ1) is 16.4. The van der Waals surface area contributed by atoms with Crippen molar-refractivity contribution in [2.45, 2.75) is 12.5 Å². The topological polar surface area (TPSA) is 93.7 Å². The third kappa shape index (κ3) is 4.27. The fourth-order valence-corrected chi connectivity index (χ4v) is 3.98. The second-order valence-electron chi connectivity index (χ2n) is 5.09. The van der Waals surface area contributed by atoms with E-state index in [0.29, 0.717) is 23.6 Å². The zero-order valence-electron chi connectivity index (χ0n) is 12.6. The number of amides is 1. The Morgan fingerprint density at radius 3 is 2.68 bits per heavy atom. The second kappa shape index (κ2) is 6.87. The van der Waals surface area contributed by atoms with E-state index in [1.165, 1.54) is 7.11 Å². The van der Waals surface area contributed by atoms with Crippen molar-refractivity contribution in [2.75, 3.05) is 37.6 Å². The third-order valence-corrected chi connectivity index (χ3v) is 5.21. The van der Waals surface area contributed by atoms with E-state index in [9.17, 15) is 13.2 Å². The highest BCUT2D eigenvalue weighted by Gasteiger charge is 2.28. The lowest BCUT2D eigenvalue weighted by atomic mass is 10.2. The number of carbonyl (C=O) groups excluding carboxylic acids is 1. The molecule has 122 valence electrons. The average molecular weight is 328 g/mol. The number of hydrogen-bond donors (Lipinski definition) is 2. The van der Waals surface area contributed by atoms with Crippen LogP contribution < -0.4 is 20.1 Å². The molecule has 1 atom stereocenters. The summed E-state index contributed by atoms with van der Waals surface area (Å²) in [6.07, 6.45) is 0.472. The summed E-state index contributed by atoms with van der Waals surface area (Å²) in [6.45, 7) is 0.0409. The summed E-state index contributed by atoms with van der Waals surface area (Å²) in [4.78, 5) is 11.9. The van der Waals surface area contributed by atoms with Crippen LogP contribution in [0.5, 0.6) is 11.5 Å². The van der Waals surface area contributed by atoms with Gasteiger partial charge in [-0.2, -0.15) is 0 Å². The smallest absolute Gasteiger partial charge is 0.239 e. The van der Waals surface area contributed by atoms with Gasteiger partial charge in [-0.25, -0.2) is 8.42 Å². The molecule has 2 N–H and O–H groups in total. The van der Waals surface area contributed by atoms with Crippen LogP contribution in [0.4, 0.5) is 5.69 Å². The molecule has 1 aliphatic heterocycles. The van der Waals surface area contributed by atoms with Gasteiger partial charge in [-0.05, 0) is 18.6 Å². The first-order valence-corrected chi connectivity index (χ1v) is 8.71. The van der Waals surface area contributed by atoms with Gasteiger partial charge in [0.05, 0.1) is 38.0 Å².